The van der Waals surface area contributed by atoms with Crippen LogP contribution in [0.4, 0.5) is 4.39 Å². The number of hydrogen-bond acceptors (Lipinski definition) is 1. The van der Waals surface area contributed by atoms with Gasteiger partial charge in [0.25, 0.3) is 0 Å². The van der Waals surface area contributed by atoms with Crippen LogP contribution in [0.15, 0.2) is 42.5 Å². The van der Waals surface area contributed by atoms with Crippen LogP contribution >= 0.6 is 23.8 Å². The predicted molar refractivity (Wildman–Crippen MR) is 77.6 cm³/mol. The van der Waals surface area contributed by atoms with Crippen LogP contribution in [0.5, 0.6) is 0 Å². The number of nitrogens with zero attached hydrogens (tertiary/aromatic N) is 1. The molecule has 2 aromatic carbocycles. The second kappa shape index (κ2) is 4.79. The van der Waals surface area contributed by atoms with Gasteiger partial charge in [-0.05, 0) is 48.1 Å². The molecule has 5 heteroatoms. The van der Waals surface area contributed by atoms with Gasteiger partial charge in [-0.25, -0.2) is 4.39 Å². The van der Waals surface area contributed by atoms with E-state index in [0.717, 1.165) is 16.6 Å². The molecule has 0 unspecified atom stereocenters. The fourth-order valence-electron chi connectivity index (χ4n) is 2.10. The third kappa shape index (κ3) is 2.41. The molecule has 0 saturated carbocycles. The molecule has 0 fully saturated rings. The summed E-state index contributed by atoms with van der Waals surface area (Å²) in [6, 6.07) is 12.0. The van der Waals surface area contributed by atoms with E-state index in [1.807, 2.05) is 28.8 Å². The monoisotopic (exact) mass is 292 g/mol. The minimum Gasteiger partial charge on any atom is -0.331 e. The summed E-state index contributed by atoms with van der Waals surface area (Å²) < 4.78 is 15.7. The topological polar surface area (TPSA) is 20.7 Å². The Balaban J connectivity index is 2.12. The molecule has 1 aromatic heterocycles. The molecule has 0 saturated heterocycles. The Bertz CT molecular complexity index is 807. The van der Waals surface area contributed by atoms with Crippen molar-refractivity contribution in [3.8, 4) is 0 Å². The predicted octanol–water partition coefficient (Wildman–Crippen LogP) is 4.54. The van der Waals surface area contributed by atoms with Gasteiger partial charge < -0.3 is 9.55 Å². The first kappa shape index (κ1) is 12.4. The van der Waals surface area contributed by atoms with Crippen LogP contribution in [0.3, 0.4) is 0 Å². The van der Waals surface area contributed by atoms with Crippen molar-refractivity contribution < 1.29 is 4.39 Å². The molecule has 1 N–H and O–H groups in total. The maximum absolute atomic E-state index is 13.2. The summed E-state index contributed by atoms with van der Waals surface area (Å²) in [5, 5.41) is 0.648. The highest BCUT2D eigenvalue weighted by Gasteiger charge is 2.06. The third-order valence-electron chi connectivity index (χ3n) is 2.97. The maximum atomic E-state index is 13.2. The number of aromatic amines is 1. The lowest BCUT2D eigenvalue weighted by Gasteiger charge is -2.05. The van der Waals surface area contributed by atoms with Gasteiger partial charge in [-0.15, -0.1) is 0 Å². The molecule has 3 rings (SSSR count). The van der Waals surface area contributed by atoms with Gasteiger partial charge in [-0.1, -0.05) is 23.7 Å². The Morgan fingerprint density at radius 2 is 2.05 bits per heavy atom. The summed E-state index contributed by atoms with van der Waals surface area (Å²) >= 11 is 11.3. The molecule has 96 valence electrons. The normalized spacial score (nSPS) is 11.1. The van der Waals surface area contributed by atoms with Crippen molar-refractivity contribution in [2.75, 3.05) is 0 Å². The van der Waals surface area contributed by atoms with E-state index < -0.39 is 0 Å². The SMILES string of the molecule is Fc1cccc(Cn2c(=S)[nH]c3ccc(Cl)cc32)c1. The molecule has 0 spiro atoms. The van der Waals surface area contributed by atoms with Crippen LogP contribution in [-0.4, -0.2) is 9.55 Å². The molecule has 2 nitrogen and oxygen atoms in total. The van der Waals surface area contributed by atoms with Crippen molar-refractivity contribution in [3.63, 3.8) is 0 Å². The van der Waals surface area contributed by atoms with E-state index >= 15 is 0 Å². The first-order valence-electron chi connectivity index (χ1n) is 5.76. The summed E-state index contributed by atoms with van der Waals surface area (Å²) in [4.78, 5) is 3.11. The average Bonchev–Trinajstić information content (AvgIpc) is 2.66. The van der Waals surface area contributed by atoms with Crippen molar-refractivity contribution in [1.82, 2.24) is 9.55 Å². The number of hydrogen-bond donors (Lipinski definition) is 1. The summed E-state index contributed by atoms with van der Waals surface area (Å²) in [6.45, 7) is 0.511. The number of aromatic nitrogens is 2. The molecule has 0 amide bonds. The summed E-state index contributed by atoms with van der Waals surface area (Å²) in [6.07, 6.45) is 0. The lowest BCUT2D eigenvalue weighted by Crippen LogP contribution is -1.99. The minimum absolute atomic E-state index is 0.248. The molecule has 0 aliphatic carbocycles. The number of H-pyrrole nitrogens is 1. The zero-order chi connectivity index (χ0) is 13.4. The van der Waals surface area contributed by atoms with Gasteiger partial charge >= 0.3 is 0 Å². The number of fused-ring (bicyclic) bond motifs is 1. The van der Waals surface area contributed by atoms with E-state index in [1.165, 1.54) is 12.1 Å². The third-order valence-corrected chi connectivity index (χ3v) is 3.52. The number of benzene rings is 2. The molecule has 0 aliphatic heterocycles. The summed E-state index contributed by atoms with van der Waals surface area (Å²) in [5.74, 6) is -0.248. The van der Waals surface area contributed by atoms with Gasteiger partial charge in [-0.3, -0.25) is 0 Å². The van der Waals surface area contributed by atoms with Crippen molar-refractivity contribution in [2.24, 2.45) is 0 Å². The van der Waals surface area contributed by atoms with Crippen LogP contribution in [-0.2, 0) is 6.54 Å². The second-order valence-corrected chi connectivity index (χ2v) is 5.13. The zero-order valence-electron chi connectivity index (χ0n) is 9.86. The lowest BCUT2D eigenvalue weighted by molar-refractivity contribution is 0.623. The Morgan fingerprint density at radius 1 is 1.21 bits per heavy atom. The Kier molecular flexibility index (Phi) is 3.12. The van der Waals surface area contributed by atoms with E-state index in [2.05, 4.69) is 4.98 Å². The van der Waals surface area contributed by atoms with Gasteiger partial charge in [0.2, 0.25) is 0 Å². The first-order chi connectivity index (χ1) is 9.13. The van der Waals surface area contributed by atoms with E-state index in [0.29, 0.717) is 16.3 Å². The van der Waals surface area contributed by atoms with Gasteiger partial charge in [0.05, 0.1) is 17.6 Å². The van der Waals surface area contributed by atoms with Crippen LogP contribution in [0.2, 0.25) is 5.02 Å². The van der Waals surface area contributed by atoms with Crippen LogP contribution in [0, 0.1) is 10.6 Å². The molecule has 0 radical (unpaired) electrons. The smallest absolute Gasteiger partial charge is 0.178 e. The maximum Gasteiger partial charge on any atom is 0.178 e. The van der Waals surface area contributed by atoms with E-state index in [9.17, 15) is 4.39 Å². The van der Waals surface area contributed by atoms with Crippen molar-refractivity contribution in [2.45, 2.75) is 6.54 Å². The number of halogens is 2. The summed E-state index contributed by atoms with van der Waals surface area (Å²) in [5.41, 5.74) is 2.70. The zero-order valence-corrected chi connectivity index (χ0v) is 11.4. The van der Waals surface area contributed by atoms with Gasteiger partial charge in [-0.2, -0.15) is 0 Å². The Hall–Kier alpha value is -1.65. The molecule has 0 aliphatic rings. The molecule has 19 heavy (non-hydrogen) atoms. The van der Waals surface area contributed by atoms with Gasteiger partial charge in [0, 0.05) is 5.02 Å². The molecule has 1 heterocycles. The Labute approximate surface area is 119 Å². The number of rotatable bonds is 2. The standard InChI is InChI=1S/C14H10ClFN2S/c15-10-4-5-12-13(7-10)18(14(19)17-12)8-9-2-1-3-11(16)6-9/h1-7H,8H2,(H,17,19). The van der Waals surface area contributed by atoms with Gasteiger partial charge in [0.1, 0.15) is 5.82 Å². The molecular formula is C14H10ClFN2S. The first-order valence-corrected chi connectivity index (χ1v) is 6.54. The minimum atomic E-state index is -0.248. The van der Waals surface area contributed by atoms with E-state index in [1.54, 1.807) is 6.07 Å². The van der Waals surface area contributed by atoms with Crippen molar-refractivity contribution in [1.29, 1.82) is 0 Å². The van der Waals surface area contributed by atoms with Crippen molar-refractivity contribution >= 4 is 34.9 Å². The Morgan fingerprint density at radius 3 is 2.84 bits per heavy atom. The largest absolute Gasteiger partial charge is 0.331 e. The lowest BCUT2D eigenvalue weighted by atomic mass is 10.2. The fraction of sp³-hybridized carbons (Fsp3) is 0.0714. The molecular weight excluding hydrogens is 283 g/mol. The van der Waals surface area contributed by atoms with Crippen LogP contribution in [0.25, 0.3) is 11.0 Å². The summed E-state index contributed by atoms with van der Waals surface area (Å²) in [7, 11) is 0. The van der Waals surface area contributed by atoms with Crippen molar-refractivity contribution in [3.05, 3.63) is 63.6 Å². The van der Waals surface area contributed by atoms with E-state index in [-0.39, 0.29) is 5.82 Å². The average molecular weight is 293 g/mol. The highest BCUT2D eigenvalue weighted by Crippen LogP contribution is 2.20. The highest BCUT2D eigenvalue weighted by atomic mass is 35.5. The number of nitrogens with one attached hydrogen (secondary N) is 1. The molecule has 0 atom stereocenters. The fourth-order valence-corrected chi connectivity index (χ4v) is 2.54. The molecule has 0 bridgehead atoms. The molecule has 3 aromatic rings. The second-order valence-electron chi connectivity index (χ2n) is 4.31. The van der Waals surface area contributed by atoms with E-state index in [4.69, 9.17) is 23.8 Å². The highest BCUT2D eigenvalue weighted by molar-refractivity contribution is 7.71. The van der Waals surface area contributed by atoms with Crippen LogP contribution < -0.4 is 0 Å². The quantitative estimate of drug-likeness (QED) is 0.688. The number of imidazole rings is 1. The van der Waals surface area contributed by atoms with Crippen LogP contribution in [0.1, 0.15) is 5.56 Å². The van der Waals surface area contributed by atoms with Gasteiger partial charge in [0.15, 0.2) is 4.77 Å².